The van der Waals surface area contributed by atoms with Crippen molar-refractivity contribution in [2.24, 2.45) is 0 Å². The molecule has 0 fully saturated rings. The van der Waals surface area contributed by atoms with E-state index >= 15 is 0 Å². The zero-order chi connectivity index (χ0) is 21.0. The molecule has 0 spiro atoms. The molecule has 29 heavy (non-hydrogen) atoms. The number of nitrogens with one attached hydrogen (secondary N) is 1. The number of amides is 1. The van der Waals surface area contributed by atoms with E-state index in [9.17, 15) is 18.0 Å². The van der Waals surface area contributed by atoms with Crippen LogP contribution < -0.4 is 5.32 Å². The summed E-state index contributed by atoms with van der Waals surface area (Å²) in [5.74, 6) is -0.147. The first kappa shape index (κ1) is 21.2. The number of alkyl halides is 3. The van der Waals surface area contributed by atoms with Gasteiger partial charge in [-0.05, 0) is 30.7 Å². The standard InChI is InChI=1S/C19H15ClF3N3O2S/c1-11(17(27)24-15-10-13(19(21,22)23)7-8-14(15)20)29-18-26-25-16(28-18)9-12-5-3-2-4-6-12/h2-8,10-11H,9H2,1H3,(H,24,27)/t11-/m1/s1. The quantitative estimate of drug-likeness (QED) is 0.515. The Bertz CT molecular complexity index is 996. The van der Waals surface area contributed by atoms with Crippen molar-refractivity contribution in [3.63, 3.8) is 0 Å². The number of hydrogen-bond donors (Lipinski definition) is 1. The number of thioether (sulfide) groups is 1. The molecule has 1 atom stereocenters. The fourth-order valence-electron chi connectivity index (χ4n) is 2.36. The predicted octanol–water partition coefficient (Wildman–Crippen LogP) is 5.45. The third-order valence-corrected chi connectivity index (χ3v) is 5.11. The Hall–Kier alpha value is -2.52. The second-order valence-corrected chi connectivity index (χ2v) is 7.77. The summed E-state index contributed by atoms with van der Waals surface area (Å²) in [5.41, 5.74) is -0.0214. The number of carbonyl (C=O) groups excluding carboxylic acids is 1. The van der Waals surface area contributed by atoms with Crippen molar-refractivity contribution in [2.75, 3.05) is 5.32 Å². The summed E-state index contributed by atoms with van der Waals surface area (Å²) in [6, 6.07) is 12.3. The highest BCUT2D eigenvalue weighted by molar-refractivity contribution is 8.00. The highest BCUT2D eigenvalue weighted by Crippen LogP contribution is 2.34. The van der Waals surface area contributed by atoms with Crippen LogP contribution in [0.25, 0.3) is 0 Å². The molecule has 1 amide bonds. The molecule has 0 aliphatic heterocycles. The van der Waals surface area contributed by atoms with Crippen molar-refractivity contribution in [2.45, 2.75) is 30.0 Å². The first-order valence-electron chi connectivity index (χ1n) is 8.43. The van der Waals surface area contributed by atoms with Crippen LogP contribution in [0.3, 0.4) is 0 Å². The topological polar surface area (TPSA) is 68.0 Å². The van der Waals surface area contributed by atoms with E-state index < -0.39 is 22.9 Å². The number of carbonyl (C=O) groups is 1. The minimum atomic E-state index is -4.54. The maximum Gasteiger partial charge on any atom is 0.416 e. The van der Waals surface area contributed by atoms with Gasteiger partial charge < -0.3 is 9.73 Å². The van der Waals surface area contributed by atoms with Gasteiger partial charge in [0.05, 0.1) is 27.9 Å². The maximum atomic E-state index is 12.9. The van der Waals surface area contributed by atoms with Crippen molar-refractivity contribution in [3.8, 4) is 0 Å². The van der Waals surface area contributed by atoms with Crippen LogP contribution in [-0.2, 0) is 17.4 Å². The largest absolute Gasteiger partial charge is 0.416 e. The van der Waals surface area contributed by atoms with Gasteiger partial charge in [0, 0.05) is 0 Å². The lowest BCUT2D eigenvalue weighted by molar-refractivity contribution is -0.137. The lowest BCUT2D eigenvalue weighted by Crippen LogP contribution is -2.23. The zero-order valence-electron chi connectivity index (χ0n) is 15.0. The molecule has 3 rings (SSSR count). The second-order valence-electron chi connectivity index (χ2n) is 6.07. The van der Waals surface area contributed by atoms with Crippen molar-refractivity contribution in [3.05, 3.63) is 70.6 Å². The summed E-state index contributed by atoms with van der Waals surface area (Å²) >= 11 is 6.91. The molecule has 0 unspecified atom stereocenters. The van der Waals surface area contributed by atoms with Crippen molar-refractivity contribution >= 4 is 35.0 Å². The number of aromatic nitrogens is 2. The molecule has 0 saturated heterocycles. The second kappa shape index (κ2) is 8.87. The van der Waals surface area contributed by atoms with Crippen LogP contribution in [0.4, 0.5) is 18.9 Å². The predicted molar refractivity (Wildman–Crippen MR) is 104 cm³/mol. The van der Waals surface area contributed by atoms with Gasteiger partial charge in [0.2, 0.25) is 11.8 Å². The monoisotopic (exact) mass is 441 g/mol. The van der Waals surface area contributed by atoms with Crippen molar-refractivity contribution in [1.82, 2.24) is 10.2 Å². The third-order valence-electron chi connectivity index (χ3n) is 3.84. The van der Waals surface area contributed by atoms with Gasteiger partial charge in [0.15, 0.2) is 0 Å². The van der Waals surface area contributed by atoms with Gasteiger partial charge in [-0.25, -0.2) is 0 Å². The number of benzene rings is 2. The van der Waals surface area contributed by atoms with Gasteiger partial charge in [0.1, 0.15) is 0 Å². The number of nitrogens with zero attached hydrogens (tertiary/aromatic N) is 2. The Balaban J connectivity index is 1.63. The molecule has 10 heteroatoms. The molecule has 0 aliphatic carbocycles. The molecule has 1 heterocycles. The summed E-state index contributed by atoms with van der Waals surface area (Å²) in [5, 5.41) is 9.74. The molecule has 0 aliphatic rings. The lowest BCUT2D eigenvalue weighted by atomic mass is 10.2. The molecule has 2 aromatic carbocycles. The van der Waals surface area contributed by atoms with Gasteiger partial charge >= 0.3 is 6.18 Å². The van der Waals surface area contributed by atoms with Crippen molar-refractivity contribution < 1.29 is 22.4 Å². The highest BCUT2D eigenvalue weighted by Gasteiger charge is 2.31. The summed E-state index contributed by atoms with van der Waals surface area (Å²) in [4.78, 5) is 12.4. The van der Waals surface area contributed by atoms with E-state index in [2.05, 4.69) is 15.5 Å². The average molecular weight is 442 g/mol. The maximum absolute atomic E-state index is 12.9. The Labute approximate surface area is 173 Å². The van der Waals surface area contributed by atoms with Crippen LogP contribution in [0.15, 0.2) is 58.2 Å². The van der Waals surface area contributed by atoms with Gasteiger partial charge in [-0.3, -0.25) is 4.79 Å². The van der Waals surface area contributed by atoms with E-state index in [1.54, 1.807) is 6.92 Å². The minimum absolute atomic E-state index is 0.00601. The van der Waals surface area contributed by atoms with Gasteiger partial charge in [-0.2, -0.15) is 13.2 Å². The Morgan fingerprint density at radius 2 is 1.93 bits per heavy atom. The normalized spacial score (nSPS) is 12.6. The van der Waals surface area contributed by atoms with E-state index in [0.29, 0.717) is 12.3 Å². The van der Waals surface area contributed by atoms with E-state index in [-0.39, 0.29) is 15.9 Å². The van der Waals surface area contributed by atoms with Crippen LogP contribution in [0.2, 0.25) is 5.02 Å². The minimum Gasteiger partial charge on any atom is -0.416 e. The van der Waals surface area contributed by atoms with Gasteiger partial charge in [-0.15, -0.1) is 10.2 Å². The van der Waals surface area contributed by atoms with Crippen LogP contribution in [-0.4, -0.2) is 21.4 Å². The molecule has 3 aromatic rings. The molecular formula is C19H15ClF3N3O2S. The molecule has 152 valence electrons. The van der Waals surface area contributed by atoms with Crippen LogP contribution in [0.1, 0.15) is 23.9 Å². The number of rotatable bonds is 6. The van der Waals surface area contributed by atoms with E-state index in [1.165, 1.54) is 0 Å². The Morgan fingerprint density at radius 3 is 2.62 bits per heavy atom. The van der Waals surface area contributed by atoms with Gasteiger partial charge in [0.25, 0.3) is 5.22 Å². The summed E-state index contributed by atoms with van der Waals surface area (Å²) in [6.45, 7) is 1.57. The SMILES string of the molecule is C[C@@H](Sc1nnc(Cc2ccccc2)o1)C(=O)Nc1cc(C(F)(F)F)ccc1Cl. The molecule has 1 N–H and O–H groups in total. The first-order valence-corrected chi connectivity index (χ1v) is 9.68. The Morgan fingerprint density at radius 1 is 1.21 bits per heavy atom. The highest BCUT2D eigenvalue weighted by atomic mass is 35.5. The summed E-state index contributed by atoms with van der Waals surface area (Å²) in [6.07, 6.45) is -4.09. The zero-order valence-corrected chi connectivity index (χ0v) is 16.6. The van der Waals surface area contributed by atoms with Crippen LogP contribution in [0, 0.1) is 0 Å². The average Bonchev–Trinajstić information content (AvgIpc) is 3.10. The first-order chi connectivity index (χ1) is 13.7. The summed E-state index contributed by atoms with van der Waals surface area (Å²) < 4.78 is 44.1. The lowest BCUT2D eigenvalue weighted by Gasteiger charge is -2.13. The van der Waals surface area contributed by atoms with E-state index in [4.69, 9.17) is 16.0 Å². The van der Waals surface area contributed by atoms with Crippen molar-refractivity contribution in [1.29, 1.82) is 0 Å². The van der Waals surface area contributed by atoms with E-state index in [0.717, 1.165) is 35.5 Å². The molecule has 0 saturated carbocycles. The number of hydrogen-bond acceptors (Lipinski definition) is 5. The fourth-order valence-corrected chi connectivity index (χ4v) is 3.23. The smallest absolute Gasteiger partial charge is 0.416 e. The molecule has 0 bridgehead atoms. The number of halogens is 4. The Kier molecular flexibility index (Phi) is 6.49. The number of anilines is 1. The molecule has 0 radical (unpaired) electrons. The third kappa shape index (κ3) is 5.74. The summed E-state index contributed by atoms with van der Waals surface area (Å²) in [7, 11) is 0. The van der Waals surface area contributed by atoms with Gasteiger partial charge in [-0.1, -0.05) is 53.7 Å². The molecule has 5 nitrogen and oxygen atoms in total. The van der Waals surface area contributed by atoms with Crippen LogP contribution in [0.5, 0.6) is 0 Å². The molecule has 1 aromatic heterocycles. The van der Waals surface area contributed by atoms with E-state index in [1.807, 2.05) is 30.3 Å². The van der Waals surface area contributed by atoms with Crippen LogP contribution >= 0.6 is 23.4 Å². The molecular weight excluding hydrogens is 427 g/mol. The fraction of sp³-hybridized carbons (Fsp3) is 0.211.